The van der Waals surface area contributed by atoms with Crippen LogP contribution in [0.15, 0.2) is 18.2 Å². The van der Waals surface area contributed by atoms with Gasteiger partial charge in [-0.3, -0.25) is 0 Å². The van der Waals surface area contributed by atoms with Crippen molar-refractivity contribution in [2.24, 2.45) is 5.92 Å². The third-order valence-electron chi connectivity index (χ3n) is 3.98. The maximum atomic E-state index is 11.6. The molecule has 1 aromatic carbocycles. The van der Waals surface area contributed by atoms with Crippen LogP contribution in [0.2, 0.25) is 0 Å². The molecule has 1 heterocycles. The number of rotatable bonds is 3. The van der Waals surface area contributed by atoms with E-state index in [1.54, 1.807) is 25.3 Å². The summed E-state index contributed by atoms with van der Waals surface area (Å²) in [6, 6.07) is 5.23. The first kappa shape index (κ1) is 14.7. The van der Waals surface area contributed by atoms with E-state index >= 15 is 0 Å². The molecule has 1 aromatic rings. The maximum Gasteiger partial charge on any atom is 0.337 e. The van der Waals surface area contributed by atoms with E-state index in [2.05, 4.69) is 11.8 Å². The average molecular weight is 278 g/mol. The zero-order valence-corrected chi connectivity index (χ0v) is 12.3. The van der Waals surface area contributed by atoms with Crippen molar-refractivity contribution in [3.8, 4) is 0 Å². The van der Waals surface area contributed by atoms with Gasteiger partial charge < -0.3 is 20.1 Å². The summed E-state index contributed by atoms with van der Waals surface area (Å²) < 4.78 is 10.3. The van der Waals surface area contributed by atoms with Crippen molar-refractivity contribution in [3.63, 3.8) is 0 Å². The minimum absolute atomic E-state index is 0.185. The van der Waals surface area contributed by atoms with Crippen LogP contribution in [0, 0.1) is 5.92 Å². The zero-order valence-electron chi connectivity index (χ0n) is 12.3. The summed E-state index contributed by atoms with van der Waals surface area (Å²) in [5.41, 5.74) is 8.11. The van der Waals surface area contributed by atoms with Gasteiger partial charge in [0.2, 0.25) is 0 Å². The lowest BCUT2D eigenvalue weighted by Crippen LogP contribution is -2.44. The number of hydrogen-bond acceptors (Lipinski definition) is 5. The Morgan fingerprint density at radius 1 is 1.40 bits per heavy atom. The number of carbonyl (C=O) groups excluding carboxylic acids is 1. The fourth-order valence-corrected chi connectivity index (χ4v) is 2.62. The fourth-order valence-electron chi connectivity index (χ4n) is 2.62. The predicted octanol–water partition coefficient (Wildman–Crippen LogP) is 1.92. The van der Waals surface area contributed by atoms with Crippen molar-refractivity contribution >= 4 is 17.3 Å². The van der Waals surface area contributed by atoms with Crippen LogP contribution in [0.3, 0.4) is 0 Å². The first-order valence-corrected chi connectivity index (χ1v) is 6.82. The fraction of sp³-hybridized carbons (Fsp3) is 0.533. The van der Waals surface area contributed by atoms with Crippen LogP contribution in [0.5, 0.6) is 0 Å². The molecule has 0 aliphatic carbocycles. The molecule has 1 aliphatic heterocycles. The highest BCUT2D eigenvalue weighted by atomic mass is 16.5. The molecule has 0 saturated carbocycles. The van der Waals surface area contributed by atoms with Gasteiger partial charge in [0.1, 0.15) is 0 Å². The van der Waals surface area contributed by atoms with Crippen LogP contribution in [-0.4, -0.2) is 39.4 Å². The number of benzene rings is 1. The molecule has 20 heavy (non-hydrogen) atoms. The van der Waals surface area contributed by atoms with E-state index in [4.69, 9.17) is 15.2 Å². The summed E-state index contributed by atoms with van der Waals surface area (Å²) in [7, 11) is 3.11. The molecule has 1 fully saturated rings. The third-order valence-corrected chi connectivity index (χ3v) is 3.98. The lowest BCUT2D eigenvalue weighted by Gasteiger charge is -2.38. The summed E-state index contributed by atoms with van der Waals surface area (Å²) in [6.07, 6.45) is 1.23. The molecule has 1 saturated heterocycles. The summed E-state index contributed by atoms with van der Waals surface area (Å²) in [6.45, 7) is 3.89. The molecule has 0 amide bonds. The number of hydrogen-bond donors (Lipinski definition) is 1. The number of piperidine rings is 1. The Labute approximate surface area is 119 Å². The number of esters is 1. The second kappa shape index (κ2) is 6.13. The summed E-state index contributed by atoms with van der Waals surface area (Å²) in [5.74, 6) is 0.182. The highest BCUT2D eigenvalue weighted by Gasteiger charge is 2.27. The second-order valence-corrected chi connectivity index (χ2v) is 5.25. The molecule has 2 atom stereocenters. The Morgan fingerprint density at radius 3 is 2.80 bits per heavy atom. The van der Waals surface area contributed by atoms with Crippen LogP contribution in [0.1, 0.15) is 23.7 Å². The van der Waals surface area contributed by atoms with Crippen LogP contribution in [0.4, 0.5) is 11.4 Å². The van der Waals surface area contributed by atoms with Gasteiger partial charge in [0.05, 0.1) is 30.2 Å². The molecule has 0 bridgehead atoms. The number of ether oxygens (including phenoxy) is 2. The molecule has 2 rings (SSSR count). The first-order valence-electron chi connectivity index (χ1n) is 6.82. The van der Waals surface area contributed by atoms with Gasteiger partial charge in [0, 0.05) is 20.2 Å². The first-order chi connectivity index (χ1) is 9.56. The molecule has 1 aliphatic rings. The van der Waals surface area contributed by atoms with Crippen molar-refractivity contribution in [2.75, 3.05) is 37.9 Å². The number of methoxy groups -OCH3 is 2. The highest BCUT2D eigenvalue weighted by Crippen LogP contribution is 2.30. The van der Waals surface area contributed by atoms with E-state index in [0.29, 0.717) is 17.2 Å². The number of nitrogens with two attached hydrogens (primary N) is 1. The van der Waals surface area contributed by atoms with Crippen molar-refractivity contribution in [1.29, 1.82) is 0 Å². The number of nitrogens with zero attached hydrogens (tertiary/aromatic N) is 1. The Hall–Kier alpha value is -1.75. The quantitative estimate of drug-likeness (QED) is 0.676. The highest BCUT2D eigenvalue weighted by molar-refractivity contribution is 5.92. The minimum atomic E-state index is -0.347. The summed E-state index contributed by atoms with van der Waals surface area (Å²) in [5, 5.41) is 0. The van der Waals surface area contributed by atoms with E-state index in [9.17, 15) is 4.79 Å². The van der Waals surface area contributed by atoms with Gasteiger partial charge in [-0.25, -0.2) is 4.79 Å². The molecule has 5 nitrogen and oxygen atoms in total. The molecule has 110 valence electrons. The normalized spacial score (nSPS) is 22.6. The maximum absolute atomic E-state index is 11.6. The predicted molar refractivity (Wildman–Crippen MR) is 79.0 cm³/mol. The van der Waals surface area contributed by atoms with Crippen LogP contribution >= 0.6 is 0 Å². The van der Waals surface area contributed by atoms with Gasteiger partial charge >= 0.3 is 5.97 Å². The molecular weight excluding hydrogens is 256 g/mol. The topological polar surface area (TPSA) is 64.8 Å². The Morgan fingerprint density at radius 2 is 2.15 bits per heavy atom. The lowest BCUT2D eigenvalue weighted by atomic mass is 9.95. The van der Waals surface area contributed by atoms with Crippen molar-refractivity contribution in [1.82, 2.24) is 0 Å². The molecule has 0 spiro atoms. The van der Waals surface area contributed by atoms with Crippen LogP contribution in [0.25, 0.3) is 0 Å². The molecule has 2 N–H and O–H groups in total. The lowest BCUT2D eigenvalue weighted by molar-refractivity contribution is 0.0498. The van der Waals surface area contributed by atoms with E-state index in [1.807, 2.05) is 0 Å². The molecule has 5 heteroatoms. The van der Waals surface area contributed by atoms with Crippen molar-refractivity contribution < 1.29 is 14.3 Å². The minimum Gasteiger partial charge on any atom is -0.465 e. The summed E-state index contributed by atoms with van der Waals surface area (Å²) in [4.78, 5) is 13.8. The monoisotopic (exact) mass is 278 g/mol. The SMILES string of the molecule is COC(=O)c1ccc(N)c(N2CCC(C)C(OC)C2)c1. The molecular formula is C15H22N2O3. The third kappa shape index (κ3) is 2.88. The van der Waals surface area contributed by atoms with E-state index in [-0.39, 0.29) is 12.1 Å². The van der Waals surface area contributed by atoms with Gasteiger partial charge in [0.15, 0.2) is 0 Å². The van der Waals surface area contributed by atoms with Gasteiger partial charge in [0.25, 0.3) is 0 Å². The number of nitrogen functional groups attached to an aromatic ring is 1. The van der Waals surface area contributed by atoms with Crippen molar-refractivity contribution in [2.45, 2.75) is 19.4 Å². The Bertz CT molecular complexity index is 490. The van der Waals surface area contributed by atoms with Gasteiger partial charge in [-0.05, 0) is 30.5 Å². The van der Waals surface area contributed by atoms with E-state index in [0.717, 1.165) is 25.2 Å². The van der Waals surface area contributed by atoms with Crippen LogP contribution < -0.4 is 10.6 Å². The number of anilines is 2. The van der Waals surface area contributed by atoms with E-state index in [1.165, 1.54) is 7.11 Å². The molecule has 2 unspecified atom stereocenters. The standard InChI is InChI=1S/C15H22N2O3/c1-10-6-7-17(9-14(10)19-2)13-8-11(15(18)20-3)4-5-12(13)16/h4-5,8,10,14H,6-7,9,16H2,1-3H3. The van der Waals surface area contributed by atoms with Crippen LogP contribution in [-0.2, 0) is 9.47 Å². The smallest absolute Gasteiger partial charge is 0.337 e. The average Bonchev–Trinajstić information content (AvgIpc) is 2.47. The zero-order chi connectivity index (χ0) is 14.7. The van der Waals surface area contributed by atoms with Crippen molar-refractivity contribution in [3.05, 3.63) is 23.8 Å². The van der Waals surface area contributed by atoms with Gasteiger partial charge in [-0.1, -0.05) is 6.92 Å². The Kier molecular flexibility index (Phi) is 4.49. The second-order valence-electron chi connectivity index (χ2n) is 5.25. The van der Waals surface area contributed by atoms with Gasteiger partial charge in [-0.15, -0.1) is 0 Å². The largest absolute Gasteiger partial charge is 0.465 e. The summed E-state index contributed by atoms with van der Waals surface area (Å²) >= 11 is 0. The molecule has 0 aromatic heterocycles. The van der Waals surface area contributed by atoms with E-state index < -0.39 is 0 Å². The molecule has 0 radical (unpaired) electrons. The van der Waals surface area contributed by atoms with Gasteiger partial charge in [-0.2, -0.15) is 0 Å². The Balaban J connectivity index is 2.25. The number of carbonyl (C=O) groups is 1.